The molecule has 2 aromatic rings. The molecule has 0 radical (unpaired) electrons. The maximum absolute atomic E-state index is 12.9. The molecule has 28 heavy (non-hydrogen) atoms. The molecule has 1 aliphatic heterocycles. The zero-order valence-electron chi connectivity index (χ0n) is 16.5. The molecule has 1 N–H and O–H groups in total. The molecule has 0 bridgehead atoms. The van der Waals surface area contributed by atoms with Gasteiger partial charge in [0, 0.05) is 30.5 Å². The van der Waals surface area contributed by atoms with Crippen LogP contribution in [0.1, 0.15) is 65.0 Å². The molecule has 1 spiro atoms. The fourth-order valence-corrected chi connectivity index (χ4v) is 5.19. The number of aliphatic hydroxyl groups is 1. The van der Waals surface area contributed by atoms with Crippen LogP contribution in [0.5, 0.6) is 0 Å². The van der Waals surface area contributed by atoms with Gasteiger partial charge >= 0.3 is 0 Å². The number of hydrogen-bond donors (Lipinski definition) is 1. The van der Waals surface area contributed by atoms with E-state index in [-0.39, 0.29) is 17.4 Å². The van der Waals surface area contributed by atoms with Crippen LogP contribution in [-0.4, -0.2) is 59.3 Å². The number of rotatable bonds is 3. The Morgan fingerprint density at radius 2 is 1.96 bits per heavy atom. The van der Waals surface area contributed by atoms with Crippen LogP contribution in [0.4, 0.5) is 0 Å². The molecule has 5 rings (SSSR count). The Hall–Kier alpha value is -2.18. The van der Waals surface area contributed by atoms with Crippen molar-refractivity contribution < 1.29 is 14.4 Å². The van der Waals surface area contributed by atoms with E-state index in [1.165, 1.54) is 11.1 Å². The molecular weight excluding hydrogens is 354 g/mol. The van der Waals surface area contributed by atoms with Gasteiger partial charge in [0.25, 0.3) is 5.91 Å². The summed E-state index contributed by atoms with van der Waals surface area (Å²) < 4.78 is 5.35. The SMILES string of the molecule is CN(C)[C@@H]1c2ccccc2C2(CCN(C(=O)c3cc(C4CC4)on3)CC2)[C@H]1O. The molecule has 2 fully saturated rings. The van der Waals surface area contributed by atoms with Crippen molar-refractivity contribution in [3.8, 4) is 0 Å². The standard InChI is InChI=1S/C22H27N3O3/c1-24(2)19-15-5-3-4-6-16(15)22(20(19)26)9-11-25(12-10-22)21(27)17-13-18(28-23-17)14-7-8-14/h3-6,13-14,19-20,26H,7-12H2,1-2H3/t19-,20+/m1/s1. The normalized spacial score (nSPS) is 26.1. The molecule has 2 aliphatic carbocycles. The van der Waals surface area contributed by atoms with E-state index in [0.29, 0.717) is 24.7 Å². The Balaban J connectivity index is 1.36. The van der Waals surface area contributed by atoms with E-state index in [1.807, 2.05) is 31.1 Å². The van der Waals surface area contributed by atoms with Gasteiger partial charge in [-0.3, -0.25) is 4.79 Å². The molecule has 6 nitrogen and oxygen atoms in total. The average molecular weight is 381 g/mol. The number of benzene rings is 1. The maximum atomic E-state index is 12.9. The van der Waals surface area contributed by atoms with Crippen LogP contribution in [0.15, 0.2) is 34.9 Å². The minimum Gasteiger partial charge on any atom is -0.390 e. The van der Waals surface area contributed by atoms with Gasteiger partial charge in [-0.1, -0.05) is 29.4 Å². The molecule has 0 unspecified atom stereocenters. The van der Waals surface area contributed by atoms with E-state index in [2.05, 4.69) is 28.3 Å². The number of hydrogen-bond acceptors (Lipinski definition) is 5. The Bertz CT molecular complexity index is 894. The first-order valence-electron chi connectivity index (χ1n) is 10.2. The number of aliphatic hydroxyl groups excluding tert-OH is 1. The van der Waals surface area contributed by atoms with Crippen molar-refractivity contribution in [2.45, 2.75) is 49.2 Å². The summed E-state index contributed by atoms with van der Waals surface area (Å²) in [6.07, 6.45) is 3.30. The third kappa shape index (κ3) is 2.62. The number of amides is 1. The molecule has 1 amide bonds. The highest BCUT2D eigenvalue weighted by Gasteiger charge is 2.53. The van der Waals surface area contributed by atoms with Gasteiger partial charge in [0.15, 0.2) is 5.69 Å². The van der Waals surface area contributed by atoms with Crippen LogP contribution in [0.2, 0.25) is 0 Å². The van der Waals surface area contributed by atoms with Crippen LogP contribution in [0.25, 0.3) is 0 Å². The lowest BCUT2D eigenvalue weighted by Crippen LogP contribution is -2.50. The summed E-state index contributed by atoms with van der Waals surface area (Å²) in [5.41, 5.74) is 2.58. The molecule has 1 aromatic carbocycles. The van der Waals surface area contributed by atoms with Crippen molar-refractivity contribution in [3.63, 3.8) is 0 Å². The van der Waals surface area contributed by atoms with Gasteiger partial charge in [-0.25, -0.2) is 0 Å². The summed E-state index contributed by atoms with van der Waals surface area (Å²) >= 11 is 0. The highest BCUT2D eigenvalue weighted by molar-refractivity contribution is 5.92. The van der Waals surface area contributed by atoms with Crippen LogP contribution in [-0.2, 0) is 5.41 Å². The fraction of sp³-hybridized carbons (Fsp3) is 0.545. The Labute approximate surface area is 165 Å². The largest absolute Gasteiger partial charge is 0.390 e. The second-order valence-electron chi connectivity index (χ2n) is 8.78. The molecule has 3 aliphatic rings. The van der Waals surface area contributed by atoms with Gasteiger partial charge in [0.05, 0.1) is 12.1 Å². The molecule has 2 atom stereocenters. The fourth-order valence-electron chi connectivity index (χ4n) is 5.19. The van der Waals surface area contributed by atoms with Crippen molar-refractivity contribution in [1.82, 2.24) is 15.0 Å². The summed E-state index contributed by atoms with van der Waals surface area (Å²) in [5.74, 6) is 1.23. The smallest absolute Gasteiger partial charge is 0.276 e. The summed E-state index contributed by atoms with van der Waals surface area (Å²) in [7, 11) is 4.04. The van der Waals surface area contributed by atoms with E-state index in [1.54, 1.807) is 0 Å². The molecule has 1 saturated heterocycles. The Kier molecular flexibility index (Phi) is 4.10. The van der Waals surface area contributed by atoms with E-state index < -0.39 is 6.10 Å². The number of carbonyl (C=O) groups excluding carboxylic acids is 1. The summed E-state index contributed by atoms with van der Waals surface area (Å²) in [5, 5.41) is 15.3. The van der Waals surface area contributed by atoms with Crippen LogP contribution in [0, 0.1) is 0 Å². The minimum atomic E-state index is -0.467. The lowest BCUT2D eigenvalue weighted by Gasteiger charge is -2.43. The molecule has 148 valence electrons. The summed E-state index contributed by atoms with van der Waals surface area (Å²) in [4.78, 5) is 16.9. The lowest BCUT2D eigenvalue weighted by molar-refractivity contribution is -0.00160. The van der Waals surface area contributed by atoms with Crippen molar-refractivity contribution in [1.29, 1.82) is 0 Å². The molecular formula is C22H27N3O3. The Morgan fingerprint density at radius 1 is 1.25 bits per heavy atom. The van der Waals surface area contributed by atoms with Crippen molar-refractivity contribution >= 4 is 5.91 Å². The molecule has 6 heteroatoms. The summed E-state index contributed by atoms with van der Waals surface area (Å²) in [6, 6.07) is 10.2. The first-order valence-corrected chi connectivity index (χ1v) is 10.2. The third-order valence-corrected chi connectivity index (χ3v) is 6.91. The van der Waals surface area contributed by atoms with Crippen molar-refractivity contribution in [2.24, 2.45) is 0 Å². The van der Waals surface area contributed by atoms with Gasteiger partial charge in [0.2, 0.25) is 0 Å². The molecule has 2 heterocycles. The second-order valence-corrected chi connectivity index (χ2v) is 8.78. The third-order valence-electron chi connectivity index (χ3n) is 6.91. The number of carbonyl (C=O) groups is 1. The first kappa shape index (κ1) is 17.9. The first-order chi connectivity index (χ1) is 13.5. The van der Waals surface area contributed by atoms with Crippen molar-refractivity contribution in [3.05, 3.63) is 52.9 Å². The van der Waals surface area contributed by atoms with E-state index in [0.717, 1.165) is 31.4 Å². The van der Waals surface area contributed by atoms with Gasteiger partial charge < -0.3 is 19.4 Å². The van der Waals surface area contributed by atoms with Crippen LogP contribution < -0.4 is 0 Å². The van der Waals surface area contributed by atoms with Gasteiger partial charge in [-0.05, 0) is 50.9 Å². The highest BCUT2D eigenvalue weighted by atomic mass is 16.5. The number of likely N-dealkylation sites (tertiary alicyclic amines) is 1. The highest BCUT2D eigenvalue weighted by Crippen LogP contribution is 2.52. The number of fused-ring (bicyclic) bond motifs is 2. The molecule has 1 aromatic heterocycles. The minimum absolute atomic E-state index is 0.00454. The predicted molar refractivity (Wildman–Crippen MR) is 104 cm³/mol. The average Bonchev–Trinajstić information content (AvgIpc) is 3.38. The van der Waals surface area contributed by atoms with Gasteiger partial charge in [0.1, 0.15) is 5.76 Å². The van der Waals surface area contributed by atoms with Crippen LogP contribution in [0.3, 0.4) is 0 Å². The number of nitrogens with zero attached hydrogens (tertiary/aromatic N) is 3. The topological polar surface area (TPSA) is 69.8 Å². The number of piperidine rings is 1. The zero-order valence-corrected chi connectivity index (χ0v) is 16.5. The Morgan fingerprint density at radius 3 is 2.64 bits per heavy atom. The van der Waals surface area contributed by atoms with Crippen LogP contribution >= 0.6 is 0 Å². The van der Waals surface area contributed by atoms with E-state index >= 15 is 0 Å². The zero-order chi connectivity index (χ0) is 19.5. The lowest BCUT2D eigenvalue weighted by atomic mass is 9.72. The monoisotopic (exact) mass is 381 g/mol. The number of aromatic nitrogens is 1. The van der Waals surface area contributed by atoms with E-state index in [4.69, 9.17) is 4.52 Å². The molecule has 1 saturated carbocycles. The maximum Gasteiger partial charge on any atom is 0.276 e. The number of likely N-dealkylation sites (N-methyl/N-ethyl adjacent to an activating group) is 1. The predicted octanol–water partition coefficient (Wildman–Crippen LogP) is 2.70. The second kappa shape index (κ2) is 6.42. The van der Waals surface area contributed by atoms with Gasteiger partial charge in [-0.2, -0.15) is 0 Å². The van der Waals surface area contributed by atoms with E-state index in [9.17, 15) is 9.90 Å². The summed E-state index contributed by atoms with van der Waals surface area (Å²) in [6.45, 7) is 1.24. The quantitative estimate of drug-likeness (QED) is 0.885. The van der Waals surface area contributed by atoms with Crippen molar-refractivity contribution in [2.75, 3.05) is 27.2 Å². The van der Waals surface area contributed by atoms with Gasteiger partial charge in [-0.15, -0.1) is 0 Å².